The molecule has 19 heavy (non-hydrogen) atoms. The van der Waals surface area contributed by atoms with Crippen molar-refractivity contribution in [1.29, 1.82) is 0 Å². The maximum absolute atomic E-state index is 10.5. The molecule has 0 saturated heterocycles. The number of carboxylic acid groups (broad SMARTS) is 1. The lowest BCUT2D eigenvalue weighted by Gasteiger charge is -2.07. The number of carboxylic acids is 1. The lowest BCUT2D eigenvalue weighted by Crippen LogP contribution is -2.09. The van der Waals surface area contributed by atoms with Gasteiger partial charge in [-0.25, -0.2) is 4.99 Å². The quantitative estimate of drug-likeness (QED) is 0.851. The third-order valence-corrected chi connectivity index (χ3v) is 2.99. The minimum absolute atomic E-state index is 0.0409. The molecule has 0 radical (unpaired) electrons. The molecule has 0 fully saturated rings. The van der Waals surface area contributed by atoms with Crippen LogP contribution < -0.4 is 4.74 Å². The molecule has 102 valence electrons. The Bertz CT molecular complexity index is 484. The van der Waals surface area contributed by atoms with Crippen LogP contribution in [0.5, 0.6) is 5.75 Å². The second kappa shape index (κ2) is 6.22. The minimum Gasteiger partial charge on any atom is -0.496 e. The predicted octanol–water partition coefficient (Wildman–Crippen LogP) is 1.90. The number of aliphatic imine (C=N–C) groups is 1. The number of nitrogens with zero attached hydrogens (tertiary/aromatic N) is 1. The Morgan fingerprint density at radius 1 is 1.53 bits per heavy atom. The number of hydrogen-bond acceptors (Lipinski definition) is 4. The van der Waals surface area contributed by atoms with Crippen molar-refractivity contribution >= 4 is 11.9 Å². The highest BCUT2D eigenvalue weighted by molar-refractivity contribution is 5.81. The van der Waals surface area contributed by atoms with Crippen molar-refractivity contribution in [2.75, 3.05) is 13.7 Å². The van der Waals surface area contributed by atoms with Gasteiger partial charge in [0, 0.05) is 12.0 Å². The van der Waals surface area contributed by atoms with Gasteiger partial charge in [-0.1, -0.05) is 18.2 Å². The van der Waals surface area contributed by atoms with Crippen molar-refractivity contribution in [1.82, 2.24) is 0 Å². The van der Waals surface area contributed by atoms with E-state index in [1.807, 2.05) is 24.3 Å². The van der Waals surface area contributed by atoms with E-state index in [4.69, 9.17) is 14.6 Å². The zero-order valence-corrected chi connectivity index (χ0v) is 10.8. The van der Waals surface area contributed by atoms with E-state index in [1.54, 1.807) is 7.11 Å². The van der Waals surface area contributed by atoms with Gasteiger partial charge in [0.1, 0.15) is 12.4 Å². The maximum Gasteiger partial charge on any atom is 0.303 e. The fraction of sp³-hybridized carbons (Fsp3) is 0.429. The molecule has 0 aliphatic carbocycles. The zero-order valence-electron chi connectivity index (χ0n) is 10.8. The fourth-order valence-electron chi connectivity index (χ4n) is 2.02. The van der Waals surface area contributed by atoms with Crippen LogP contribution in [0.25, 0.3) is 0 Å². The number of rotatable bonds is 6. The highest BCUT2D eigenvalue weighted by Crippen LogP contribution is 2.20. The van der Waals surface area contributed by atoms with Gasteiger partial charge in [-0.15, -0.1) is 0 Å². The standard InChI is InChI=1S/C14H17NO4/c1-18-12-5-3-2-4-10(12)8-13-15-11(9-19-13)6-7-14(16)17/h2-5,11H,6-9H2,1H3,(H,16,17). The van der Waals surface area contributed by atoms with Crippen LogP contribution in [0.4, 0.5) is 0 Å². The van der Waals surface area contributed by atoms with Crippen molar-refractivity contribution in [3.05, 3.63) is 29.8 Å². The first-order chi connectivity index (χ1) is 9.19. The zero-order chi connectivity index (χ0) is 13.7. The molecule has 0 amide bonds. The van der Waals surface area contributed by atoms with E-state index >= 15 is 0 Å². The highest BCUT2D eigenvalue weighted by Gasteiger charge is 2.20. The molecule has 1 aliphatic rings. The summed E-state index contributed by atoms with van der Waals surface area (Å²) in [5.41, 5.74) is 1.02. The topological polar surface area (TPSA) is 68.1 Å². The SMILES string of the molecule is COc1ccccc1CC1=NC(CCC(=O)O)CO1. The van der Waals surface area contributed by atoms with E-state index < -0.39 is 5.97 Å². The van der Waals surface area contributed by atoms with Crippen molar-refractivity contribution in [3.63, 3.8) is 0 Å². The Hall–Kier alpha value is -2.04. The van der Waals surface area contributed by atoms with Crippen LogP contribution in [0.1, 0.15) is 18.4 Å². The van der Waals surface area contributed by atoms with Crippen molar-refractivity contribution in [3.8, 4) is 5.75 Å². The first kappa shape index (κ1) is 13.4. The molecule has 5 heteroatoms. The molecular formula is C14H17NO4. The summed E-state index contributed by atoms with van der Waals surface area (Å²) >= 11 is 0. The van der Waals surface area contributed by atoms with Gasteiger partial charge in [0.05, 0.1) is 19.6 Å². The molecule has 1 atom stereocenters. The number of carbonyl (C=O) groups is 1. The number of methoxy groups -OCH3 is 1. The summed E-state index contributed by atoms with van der Waals surface area (Å²) < 4.78 is 10.8. The second-order valence-electron chi connectivity index (χ2n) is 4.41. The Kier molecular flexibility index (Phi) is 4.39. The van der Waals surface area contributed by atoms with Gasteiger partial charge in [-0.3, -0.25) is 4.79 Å². The van der Waals surface area contributed by atoms with Crippen LogP contribution in [0.2, 0.25) is 0 Å². The Balaban J connectivity index is 1.96. The number of para-hydroxylation sites is 1. The summed E-state index contributed by atoms with van der Waals surface area (Å²) in [4.78, 5) is 14.9. The average molecular weight is 263 g/mol. The smallest absolute Gasteiger partial charge is 0.303 e. The van der Waals surface area contributed by atoms with Crippen LogP contribution in [-0.2, 0) is 16.0 Å². The molecule has 1 N–H and O–H groups in total. The third-order valence-electron chi connectivity index (χ3n) is 2.99. The first-order valence-electron chi connectivity index (χ1n) is 6.22. The molecule has 1 aromatic rings. The molecule has 0 saturated carbocycles. The molecule has 5 nitrogen and oxygen atoms in total. The van der Waals surface area contributed by atoms with Crippen molar-refractivity contribution in [2.45, 2.75) is 25.3 Å². The summed E-state index contributed by atoms with van der Waals surface area (Å²) in [6.07, 6.45) is 1.22. The van der Waals surface area contributed by atoms with E-state index in [9.17, 15) is 4.79 Å². The van der Waals surface area contributed by atoms with Gasteiger partial charge in [0.2, 0.25) is 0 Å². The maximum atomic E-state index is 10.5. The summed E-state index contributed by atoms with van der Waals surface area (Å²) in [6.45, 7) is 0.470. The number of benzene rings is 1. The average Bonchev–Trinajstić information content (AvgIpc) is 2.85. The molecule has 1 aromatic carbocycles. The van der Waals surface area contributed by atoms with Crippen LogP contribution >= 0.6 is 0 Å². The van der Waals surface area contributed by atoms with Crippen LogP contribution in [0.3, 0.4) is 0 Å². The third kappa shape index (κ3) is 3.71. The molecule has 0 bridgehead atoms. The van der Waals surface area contributed by atoms with E-state index in [2.05, 4.69) is 4.99 Å². The summed E-state index contributed by atoms with van der Waals surface area (Å²) in [7, 11) is 1.63. The van der Waals surface area contributed by atoms with Crippen molar-refractivity contribution < 1.29 is 19.4 Å². The predicted molar refractivity (Wildman–Crippen MR) is 70.7 cm³/mol. The lowest BCUT2D eigenvalue weighted by molar-refractivity contribution is -0.137. The van der Waals surface area contributed by atoms with Gasteiger partial charge < -0.3 is 14.6 Å². The van der Waals surface area contributed by atoms with Gasteiger partial charge in [0.15, 0.2) is 5.90 Å². The second-order valence-corrected chi connectivity index (χ2v) is 4.41. The summed E-state index contributed by atoms with van der Waals surface area (Å²) in [5.74, 6) is 0.663. The highest BCUT2D eigenvalue weighted by atomic mass is 16.5. The van der Waals surface area contributed by atoms with Crippen LogP contribution in [-0.4, -0.2) is 36.7 Å². The summed E-state index contributed by atoms with van der Waals surface area (Å²) in [6, 6.07) is 7.67. The largest absolute Gasteiger partial charge is 0.496 e. The lowest BCUT2D eigenvalue weighted by atomic mass is 10.1. The molecular weight excluding hydrogens is 246 g/mol. The van der Waals surface area contributed by atoms with E-state index in [0.29, 0.717) is 25.3 Å². The minimum atomic E-state index is -0.798. The van der Waals surface area contributed by atoms with E-state index in [-0.39, 0.29) is 12.5 Å². The van der Waals surface area contributed by atoms with Crippen molar-refractivity contribution in [2.24, 2.45) is 4.99 Å². The van der Waals surface area contributed by atoms with Gasteiger partial charge in [-0.2, -0.15) is 0 Å². The van der Waals surface area contributed by atoms with E-state index in [1.165, 1.54) is 0 Å². The molecule has 1 heterocycles. The number of aliphatic carboxylic acids is 1. The van der Waals surface area contributed by atoms with Gasteiger partial charge in [-0.05, 0) is 12.5 Å². The molecule has 1 unspecified atom stereocenters. The number of hydrogen-bond donors (Lipinski definition) is 1. The molecule has 1 aliphatic heterocycles. The van der Waals surface area contributed by atoms with Gasteiger partial charge >= 0.3 is 5.97 Å². The monoisotopic (exact) mass is 263 g/mol. The molecule has 2 rings (SSSR count). The first-order valence-corrected chi connectivity index (χ1v) is 6.22. The van der Waals surface area contributed by atoms with Gasteiger partial charge in [0.25, 0.3) is 0 Å². The normalized spacial score (nSPS) is 17.7. The number of ether oxygens (including phenoxy) is 2. The van der Waals surface area contributed by atoms with Crippen LogP contribution in [0, 0.1) is 0 Å². The fourth-order valence-corrected chi connectivity index (χ4v) is 2.02. The summed E-state index contributed by atoms with van der Waals surface area (Å²) in [5, 5.41) is 8.64. The van der Waals surface area contributed by atoms with E-state index in [0.717, 1.165) is 11.3 Å². The molecule has 0 aromatic heterocycles. The van der Waals surface area contributed by atoms with Crippen LogP contribution in [0.15, 0.2) is 29.3 Å². The Morgan fingerprint density at radius 3 is 3.05 bits per heavy atom. The molecule has 0 spiro atoms. The Labute approximate surface area is 111 Å². The Morgan fingerprint density at radius 2 is 2.32 bits per heavy atom.